The molecule has 1 aromatic heterocycles. The van der Waals surface area contributed by atoms with Crippen LogP contribution >= 0.6 is 11.6 Å². The number of halogens is 1. The van der Waals surface area contributed by atoms with Crippen molar-refractivity contribution in [3.8, 4) is 39.7 Å². The van der Waals surface area contributed by atoms with Crippen LogP contribution in [0.4, 0.5) is 0 Å². The predicted octanol–water partition coefficient (Wildman–Crippen LogP) is 6.44. The van der Waals surface area contributed by atoms with Crippen molar-refractivity contribution in [2.45, 2.75) is 13.3 Å². The lowest BCUT2D eigenvalue weighted by molar-refractivity contribution is 0.414. The van der Waals surface area contributed by atoms with E-state index in [-0.39, 0.29) is 0 Å². The van der Waals surface area contributed by atoms with Crippen LogP contribution in [0.25, 0.3) is 28.2 Å². The number of hydrogen-bond donors (Lipinski definition) is 0. The number of rotatable bonds is 6. The van der Waals surface area contributed by atoms with Gasteiger partial charge in [-0.3, -0.25) is 0 Å². The molecule has 0 aliphatic rings. The van der Waals surface area contributed by atoms with Crippen LogP contribution in [0.15, 0.2) is 72.8 Å². The molecule has 0 aliphatic heterocycles. The van der Waals surface area contributed by atoms with Gasteiger partial charge in [-0.05, 0) is 67.1 Å². The Hall–Kier alpha value is -3.24. The maximum atomic E-state index is 6.56. The molecule has 0 amide bonds. The molecule has 4 nitrogen and oxygen atoms in total. The van der Waals surface area contributed by atoms with E-state index in [1.54, 1.807) is 14.2 Å². The molecule has 0 spiro atoms. The molecule has 0 unspecified atom stereocenters. The largest absolute Gasteiger partial charge is 0.497 e. The van der Waals surface area contributed by atoms with E-state index in [2.05, 4.69) is 19.1 Å². The Kier molecular flexibility index (Phi) is 5.77. The zero-order valence-corrected chi connectivity index (χ0v) is 18.0. The highest BCUT2D eigenvalue weighted by Gasteiger charge is 2.21. The van der Waals surface area contributed by atoms with Gasteiger partial charge in [-0.2, -0.15) is 5.10 Å². The molecule has 0 aliphatic carbocycles. The van der Waals surface area contributed by atoms with Gasteiger partial charge >= 0.3 is 0 Å². The van der Waals surface area contributed by atoms with Gasteiger partial charge in [0.15, 0.2) is 0 Å². The maximum absolute atomic E-state index is 6.56. The van der Waals surface area contributed by atoms with Crippen molar-refractivity contribution >= 4 is 11.6 Å². The molecule has 3 aromatic carbocycles. The van der Waals surface area contributed by atoms with Gasteiger partial charge in [0.1, 0.15) is 11.5 Å². The molecule has 0 saturated carbocycles. The number of hydrogen-bond acceptors (Lipinski definition) is 3. The normalized spacial score (nSPS) is 10.8. The number of methoxy groups -OCH3 is 2. The minimum Gasteiger partial charge on any atom is -0.497 e. The molecular formula is C25H23ClN2O2. The second kappa shape index (κ2) is 8.64. The minimum atomic E-state index is 0.652. The summed E-state index contributed by atoms with van der Waals surface area (Å²) in [6.45, 7) is 2.15. The van der Waals surface area contributed by atoms with Gasteiger partial charge in [-0.25, -0.2) is 4.68 Å². The molecule has 30 heavy (non-hydrogen) atoms. The zero-order chi connectivity index (χ0) is 21.1. The van der Waals surface area contributed by atoms with Gasteiger partial charge in [-0.15, -0.1) is 0 Å². The first kappa shape index (κ1) is 20.0. The van der Waals surface area contributed by atoms with E-state index in [0.717, 1.165) is 51.7 Å². The number of ether oxygens (including phenoxy) is 2. The Morgan fingerprint density at radius 2 is 1.37 bits per heavy atom. The fourth-order valence-electron chi connectivity index (χ4n) is 3.61. The highest BCUT2D eigenvalue weighted by molar-refractivity contribution is 6.32. The number of benzene rings is 3. The molecule has 0 atom stereocenters. The average Bonchev–Trinajstić information content (AvgIpc) is 3.18. The third-order valence-electron chi connectivity index (χ3n) is 5.14. The van der Waals surface area contributed by atoms with Crippen molar-refractivity contribution in [1.82, 2.24) is 9.78 Å². The van der Waals surface area contributed by atoms with Gasteiger partial charge in [0, 0.05) is 16.7 Å². The monoisotopic (exact) mass is 418 g/mol. The molecule has 0 saturated heterocycles. The summed E-state index contributed by atoms with van der Waals surface area (Å²) in [4.78, 5) is 0. The van der Waals surface area contributed by atoms with Crippen LogP contribution in [0.2, 0.25) is 5.02 Å². The van der Waals surface area contributed by atoms with Gasteiger partial charge in [0.05, 0.1) is 36.3 Å². The van der Waals surface area contributed by atoms with Crippen LogP contribution in [-0.2, 0) is 6.42 Å². The molecule has 1 heterocycles. The van der Waals surface area contributed by atoms with Crippen molar-refractivity contribution in [2.75, 3.05) is 14.2 Å². The lowest BCUT2D eigenvalue weighted by Crippen LogP contribution is -2.01. The molecule has 0 bridgehead atoms. The summed E-state index contributed by atoms with van der Waals surface area (Å²) in [5.74, 6) is 1.63. The first-order valence-electron chi connectivity index (χ1n) is 9.82. The van der Waals surface area contributed by atoms with Crippen LogP contribution in [0, 0.1) is 0 Å². The quantitative estimate of drug-likeness (QED) is 0.361. The predicted molar refractivity (Wildman–Crippen MR) is 122 cm³/mol. The van der Waals surface area contributed by atoms with Gasteiger partial charge in [-0.1, -0.05) is 30.7 Å². The van der Waals surface area contributed by atoms with Gasteiger partial charge < -0.3 is 9.47 Å². The second-order valence-corrected chi connectivity index (χ2v) is 7.26. The lowest BCUT2D eigenvalue weighted by Gasteiger charge is -2.11. The van der Waals surface area contributed by atoms with Crippen LogP contribution in [0.3, 0.4) is 0 Å². The molecular weight excluding hydrogens is 396 g/mol. The molecule has 0 N–H and O–H groups in total. The van der Waals surface area contributed by atoms with Gasteiger partial charge in [0.2, 0.25) is 0 Å². The first-order chi connectivity index (χ1) is 14.7. The van der Waals surface area contributed by atoms with Crippen LogP contribution < -0.4 is 9.47 Å². The standard InChI is InChI=1S/C25H23ClN2O2/c1-4-21-24(17-9-13-19(29-2)14-10-17)27-28(23-8-6-5-7-22(23)26)25(21)18-11-15-20(30-3)16-12-18/h5-16H,4H2,1-3H3. The van der Waals surface area contributed by atoms with Crippen molar-refractivity contribution < 1.29 is 9.47 Å². The minimum absolute atomic E-state index is 0.652. The third-order valence-corrected chi connectivity index (χ3v) is 5.46. The molecule has 4 aromatic rings. The Morgan fingerprint density at radius 3 is 1.90 bits per heavy atom. The molecule has 4 rings (SSSR count). The maximum Gasteiger partial charge on any atom is 0.118 e. The molecule has 0 radical (unpaired) electrons. The fourth-order valence-corrected chi connectivity index (χ4v) is 3.83. The Morgan fingerprint density at radius 1 is 0.800 bits per heavy atom. The van der Waals surface area contributed by atoms with Crippen LogP contribution in [0.5, 0.6) is 11.5 Å². The summed E-state index contributed by atoms with van der Waals surface area (Å²) in [5.41, 5.74) is 6.06. The van der Waals surface area contributed by atoms with E-state index in [4.69, 9.17) is 26.2 Å². The Bertz CT molecular complexity index is 1150. The van der Waals surface area contributed by atoms with Crippen molar-refractivity contribution in [3.63, 3.8) is 0 Å². The lowest BCUT2D eigenvalue weighted by atomic mass is 9.99. The van der Waals surface area contributed by atoms with E-state index in [9.17, 15) is 0 Å². The topological polar surface area (TPSA) is 36.3 Å². The van der Waals surface area contributed by atoms with E-state index in [1.165, 1.54) is 0 Å². The van der Waals surface area contributed by atoms with E-state index in [1.807, 2.05) is 65.3 Å². The smallest absolute Gasteiger partial charge is 0.118 e. The number of nitrogens with zero attached hydrogens (tertiary/aromatic N) is 2. The number of aromatic nitrogens is 2. The van der Waals surface area contributed by atoms with E-state index < -0.39 is 0 Å². The zero-order valence-electron chi connectivity index (χ0n) is 17.2. The SMILES string of the molecule is CCc1c(-c2ccc(OC)cc2)nn(-c2ccccc2Cl)c1-c1ccc(OC)cc1. The van der Waals surface area contributed by atoms with E-state index >= 15 is 0 Å². The van der Waals surface area contributed by atoms with Crippen molar-refractivity contribution in [2.24, 2.45) is 0 Å². The van der Waals surface area contributed by atoms with Crippen molar-refractivity contribution in [3.05, 3.63) is 83.4 Å². The second-order valence-electron chi connectivity index (χ2n) is 6.85. The number of para-hydroxylation sites is 1. The third kappa shape index (κ3) is 3.66. The molecule has 5 heteroatoms. The van der Waals surface area contributed by atoms with Crippen LogP contribution in [-0.4, -0.2) is 24.0 Å². The summed E-state index contributed by atoms with van der Waals surface area (Å²) in [5, 5.41) is 5.67. The fraction of sp³-hybridized carbons (Fsp3) is 0.160. The molecule has 152 valence electrons. The summed E-state index contributed by atoms with van der Waals surface area (Å²) in [7, 11) is 3.34. The summed E-state index contributed by atoms with van der Waals surface area (Å²) in [6.07, 6.45) is 0.827. The highest BCUT2D eigenvalue weighted by atomic mass is 35.5. The Balaban J connectivity index is 1.97. The van der Waals surface area contributed by atoms with Crippen molar-refractivity contribution in [1.29, 1.82) is 0 Å². The van der Waals surface area contributed by atoms with Crippen LogP contribution in [0.1, 0.15) is 12.5 Å². The highest BCUT2D eigenvalue weighted by Crippen LogP contribution is 2.37. The average molecular weight is 419 g/mol. The summed E-state index contributed by atoms with van der Waals surface area (Å²) in [6, 6.07) is 23.8. The van der Waals surface area contributed by atoms with Gasteiger partial charge in [0.25, 0.3) is 0 Å². The summed E-state index contributed by atoms with van der Waals surface area (Å²) >= 11 is 6.56. The summed E-state index contributed by atoms with van der Waals surface area (Å²) < 4.78 is 12.6. The van der Waals surface area contributed by atoms with E-state index in [0.29, 0.717) is 5.02 Å². The first-order valence-corrected chi connectivity index (χ1v) is 10.2. The molecule has 0 fully saturated rings. The Labute approximate surface area is 181 Å².